The fourth-order valence-corrected chi connectivity index (χ4v) is 4.87. The molecule has 0 unspecified atom stereocenters. The maximum Gasteiger partial charge on any atom is 0.342 e. The second kappa shape index (κ2) is 7.59. The fraction of sp³-hybridized carbons (Fsp3) is 0.625. The molecular formula is C24H34O7. The van der Waals surface area contributed by atoms with Crippen LogP contribution >= 0.6 is 0 Å². The molecule has 3 heterocycles. The van der Waals surface area contributed by atoms with Gasteiger partial charge in [0.1, 0.15) is 34.4 Å². The van der Waals surface area contributed by atoms with Gasteiger partial charge in [-0.15, -0.1) is 0 Å². The molecule has 172 valence electrons. The summed E-state index contributed by atoms with van der Waals surface area (Å²) in [6, 6.07) is 0. The van der Waals surface area contributed by atoms with Gasteiger partial charge < -0.3 is 28.8 Å². The summed E-state index contributed by atoms with van der Waals surface area (Å²) in [6.07, 6.45) is 2.34. The first-order chi connectivity index (χ1) is 14.2. The van der Waals surface area contributed by atoms with Gasteiger partial charge in [0, 0.05) is 5.56 Å². The molecule has 0 bridgehead atoms. The Morgan fingerprint density at radius 1 is 1.19 bits per heavy atom. The number of hydrogen-bond donors (Lipinski definition) is 2. The molecule has 0 radical (unpaired) electrons. The van der Waals surface area contributed by atoms with E-state index in [4.69, 9.17) is 18.6 Å². The summed E-state index contributed by atoms with van der Waals surface area (Å²) >= 11 is 0. The molecule has 0 aromatic carbocycles. The predicted molar refractivity (Wildman–Crippen MR) is 116 cm³/mol. The number of fused-ring (bicyclic) bond motifs is 1. The van der Waals surface area contributed by atoms with Crippen LogP contribution < -0.4 is 10.4 Å². The Morgan fingerprint density at radius 3 is 2.29 bits per heavy atom. The Labute approximate surface area is 183 Å². The topological polar surface area (TPSA) is 102 Å². The van der Waals surface area contributed by atoms with E-state index >= 15 is 0 Å². The molecule has 2 fully saturated rings. The minimum absolute atomic E-state index is 0.0385. The van der Waals surface area contributed by atoms with Crippen molar-refractivity contribution in [2.75, 3.05) is 7.11 Å². The molecule has 0 spiro atoms. The molecule has 0 aliphatic carbocycles. The first-order valence-corrected chi connectivity index (χ1v) is 10.5. The van der Waals surface area contributed by atoms with Crippen molar-refractivity contribution in [2.45, 2.75) is 90.5 Å². The number of aliphatic hydroxyl groups excluding tert-OH is 1. The average molecular weight is 435 g/mol. The highest BCUT2D eigenvalue weighted by Gasteiger charge is 2.71. The van der Waals surface area contributed by atoms with Crippen LogP contribution in [-0.2, 0) is 15.1 Å². The summed E-state index contributed by atoms with van der Waals surface area (Å²) < 4.78 is 22.7. The van der Waals surface area contributed by atoms with Gasteiger partial charge in [0.2, 0.25) is 0 Å². The SMILES string of the molecule is COc1c(C)c([C@@](C)(O)/C=C(\C)[C@H](O)/C(C)=C/[C@]2(C)O[C@H](C)[C@@]3(C)O[C@H]32)oc(=O)c1C. The van der Waals surface area contributed by atoms with Crippen molar-refractivity contribution in [3.05, 3.63) is 50.6 Å². The van der Waals surface area contributed by atoms with Crippen molar-refractivity contribution >= 4 is 0 Å². The van der Waals surface area contributed by atoms with Gasteiger partial charge in [-0.3, -0.25) is 0 Å². The lowest BCUT2D eigenvalue weighted by molar-refractivity contribution is -0.0724. The minimum Gasteiger partial charge on any atom is -0.496 e. The first-order valence-electron chi connectivity index (χ1n) is 10.5. The minimum atomic E-state index is -1.63. The molecule has 3 rings (SSSR count). The van der Waals surface area contributed by atoms with Gasteiger partial charge in [0.05, 0.1) is 24.9 Å². The van der Waals surface area contributed by atoms with Crippen LogP contribution in [0.4, 0.5) is 0 Å². The Kier molecular flexibility index (Phi) is 5.81. The highest BCUT2D eigenvalue weighted by atomic mass is 16.7. The monoisotopic (exact) mass is 434 g/mol. The molecule has 2 saturated heterocycles. The van der Waals surface area contributed by atoms with Crippen LogP contribution in [0, 0.1) is 13.8 Å². The second-order valence-corrected chi connectivity index (χ2v) is 9.45. The maximum atomic E-state index is 12.2. The van der Waals surface area contributed by atoms with E-state index in [9.17, 15) is 15.0 Å². The lowest BCUT2D eigenvalue weighted by atomic mass is 9.89. The molecule has 7 nitrogen and oxygen atoms in total. The zero-order chi connectivity index (χ0) is 23.5. The van der Waals surface area contributed by atoms with Gasteiger partial charge in [-0.1, -0.05) is 0 Å². The van der Waals surface area contributed by atoms with Gasteiger partial charge in [-0.05, 0) is 78.7 Å². The number of epoxide rings is 1. The van der Waals surface area contributed by atoms with Crippen LogP contribution in [0.15, 0.2) is 32.5 Å². The molecule has 2 N–H and O–H groups in total. The molecular weight excluding hydrogens is 400 g/mol. The average Bonchev–Trinajstić information content (AvgIpc) is 3.33. The first kappa shape index (κ1) is 23.7. The van der Waals surface area contributed by atoms with E-state index in [1.807, 2.05) is 33.8 Å². The molecule has 2 aliphatic heterocycles. The normalized spacial score (nSPS) is 33.6. The smallest absolute Gasteiger partial charge is 0.342 e. The Morgan fingerprint density at radius 2 is 1.81 bits per heavy atom. The van der Waals surface area contributed by atoms with Crippen LogP contribution in [0.1, 0.15) is 58.4 Å². The van der Waals surface area contributed by atoms with Crippen LogP contribution in [0.3, 0.4) is 0 Å². The number of hydrogen-bond acceptors (Lipinski definition) is 7. The Bertz CT molecular complexity index is 1000. The third-order valence-electron chi connectivity index (χ3n) is 6.67. The summed E-state index contributed by atoms with van der Waals surface area (Å²) in [5.41, 5.74) is -1.06. The number of aliphatic hydroxyl groups is 2. The largest absolute Gasteiger partial charge is 0.496 e. The van der Waals surface area contributed by atoms with Gasteiger partial charge in [0.25, 0.3) is 0 Å². The van der Waals surface area contributed by atoms with Crippen molar-refractivity contribution < 1.29 is 28.8 Å². The van der Waals surface area contributed by atoms with E-state index in [-0.39, 0.29) is 23.6 Å². The van der Waals surface area contributed by atoms with E-state index in [0.717, 1.165) is 0 Å². The summed E-state index contributed by atoms with van der Waals surface area (Å²) in [5, 5.41) is 22.0. The zero-order valence-corrected chi connectivity index (χ0v) is 19.8. The van der Waals surface area contributed by atoms with Crippen molar-refractivity contribution in [1.82, 2.24) is 0 Å². The van der Waals surface area contributed by atoms with Crippen molar-refractivity contribution in [3.63, 3.8) is 0 Å². The van der Waals surface area contributed by atoms with Gasteiger partial charge in [0.15, 0.2) is 0 Å². The van der Waals surface area contributed by atoms with E-state index in [1.54, 1.807) is 20.8 Å². The van der Waals surface area contributed by atoms with Gasteiger partial charge >= 0.3 is 5.63 Å². The summed E-state index contributed by atoms with van der Waals surface area (Å²) in [4.78, 5) is 12.2. The second-order valence-electron chi connectivity index (χ2n) is 9.45. The van der Waals surface area contributed by atoms with Gasteiger partial charge in [-0.2, -0.15) is 0 Å². The highest BCUT2D eigenvalue weighted by molar-refractivity contribution is 5.43. The molecule has 7 heteroatoms. The lowest BCUT2D eigenvalue weighted by Crippen LogP contribution is -2.31. The van der Waals surface area contributed by atoms with Crippen LogP contribution in [0.2, 0.25) is 0 Å². The lowest BCUT2D eigenvalue weighted by Gasteiger charge is -2.27. The van der Waals surface area contributed by atoms with E-state index in [0.29, 0.717) is 28.0 Å². The van der Waals surface area contributed by atoms with Crippen molar-refractivity contribution in [1.29, 1.82) is 0 Å². The summed E-state index contributed by atoms with van der Waals surface area (Å²) in [7, 11) is 1.47. The molecule has 0 saturated carbocycles. The maximum absolute atomic E-state index is 12.2. The molecule has 0 amide bonds. The molecule has 1 aromatic rings. The predicted octanol–water partition coefficient (Wildman–Crippen LogP) is 3.06. The number of rotatable bonds is 6. The van der Waals surface area contributed by atoms with E-state index < -0.39 is 22.9 Å². The molecule has 1 aromatic heterocycles. The standard InChI is InChI=1S/C24H34O7/c1-12(10-22(6,27)19-14(3)18(28-9)15(4)20(26)29-19)17(25)13(2)11-23(7)21-24(8,31-21)16(5)30-23/h10-11,16-17,21,25,27H,1-9H3/b12-10+,13-11+/t16-,17+,21+,22+,23+,24-/m1/s1. The Hall–Kier alpha value is -1.93. The quantitative estimate of drug-likeness (QED) is 0.524. The van der Waals surface area contributed by atoms with Crippen LogP contribution in [0.25, 0.3) is 0 Å². The van der Waals surface area contributed by atoms with E-state index in [2.05, 4.69) is 0 Å². The van der Waals surface area contributed by atoms with E-state index in [1.165, 1.54) is 20.1 Å². The highest BCUT2D eigenvalue weighted by Crippen LogP contribution is 2.55. The third kappa shape index (κ3) is 3.89. The van der Waals surface area contributed by atoms with Crippen molar-refractivity contribution in [3.8, 4) is 5.75 Å². The fourth-order valence-electron chi connectivity index (χ4n) is 4.87. The van der Waals surface area contributed by atoms with Crippen LogP contribution in [0.5, 0.6) is 5.75 Å². The number of ether oxygens (including phenoxy) is 3. The Balaban J connectivity index is 1.90. The summed E-state index contributed by atoms with van der Waals surface area (Å²) in [6.45, 7) is 14.3. The zero-order valence-electron chi connectivity index (χ0n) is 19.8. The molecule has 6 atom stereocenters. The van der Waals surface area contributed by atoms with Crippen molar-refractivity contribution in [2.24, 2.45) is 0 Å². The molecule has 31 heavy (non-hydrogen) atoms. The number of methoxy groups -OCH3 is 1. The summed E-state index contributed by atoms with van der Waals surface area (Å²) in [5.74, 6) is 0.456. The third-order valence-corrected chi connectivity index (χ3v) is 6.67. The molecule has 2 aliphatic rings. The van der Waals surface area contributed by atoms with Crippen LogP contribution in [-0.4, -0.2) is 46.8 Å². The van der Waals surface area contributed by atoms with Gasteiger partial charge in [-0.25, -0.2) is 4.79 Å².